The molecule has 0 saturated heterocycles. The van der Waals surface area contributed by atoms with Crippen molar-refractivity contribution in [1.29, 1.82) is 0 Å². The molecule has 0 bridgehead atoms. The van der Waals surface area contributed by atoms with Gasteiger partial charge in [-0.15, -0.1) is 0 Å². The molecular weight excluding hydrogens is 198 g/mol. The molecule has 0 amide bonds. The molecule has 2 nitrogen and oxygen atoms in total. The van der Waals surface area contributed by atoms with E-state index in [0.717, 1.165) is 35.5 Å². The first-order valence-corrected chi connectivity index (χ1v) is 5.44. The minimum atomic E-state index is -0.425. The van der Waals surface area contributed by atoms with Crippen LogP contribution in [0, 0.1) is 0 Å². The van der Waals surface area contributed by atoms with Gasteiger partial charge in [0.1, 0.15) is 0 Å². The molecule has 1 aromatic heterocycles. The Morgan fingerprint density at radius 1 is 1.57 bits per heavy atom. The summed E-state index contributed by atoms with van der Waals surface area (Å²) < 4.78 is 0. The van der Waals surface area contributed by atoms with E-state index in [-0.39, 0.29) is 0 Å². The Hall–Kier alpha value is -0.600. The molecule has 0 radical (unpaired) electrons. The summed E-state index contributed by atoms with van der Waals surface area (Å²) in [5.41, 5.74) is 1.85. The van der Waals surface area contributed by atoms with Crippen molar-refractivity contribution < 1.29 is 5.11 Å². The highest BCUT2D eigenvalue weighted by molar-refractivity contribution is 6.31. The molecule has 1 heterocycles. The summed E-state index contributed by atoms with van der Waals surface area (Å²) in [5.74, 6) is 0.467. The van der Waals surface area contributed by atoms with Gasteiger partial charge in [-0.05, 0) is 36.8 Å². The van der Waals surface area contributed by atoms with Gasteiger partial charge in [0.2, 0.25) is 0 Å². The third kappa shape index (κ3) is 1.53. The largest absolute Gasteiger partial charge is 0.387 e. The van der Waals surface area contributed by atoms with E-state index >= 15 is 0 Å². The van der Waals surface area contributed by atoms with Crippen molar-refractivity contribution in [1.82, 2.24) is 4.98 Å². The lowest BCUT2D eigenvalue weighted by atomic mass is 9.82. The average Bonchev–Trinajstić information content (AvgIpc) is 2.20. The van der Waals surface area contributed by atoms with E-state index in [2.05, 4.69) is 11.9 Å². The van der Waals surface area contributed by atoms with Crippen LogP contribution in [-0.2, 0) is 0 Å². The highest BCUT2D eigenvalue weighted by atomic mass is 35.5. The molecule has 0 fully saturated rings. The van der Waals surface area contributed by atoms with Crippen LogP contribution < -0.4 is 0 Å². The third-order valence-corrected chi connectivity index (χ3v) is 3.30. The van der Waals surface area contributed by atoms with E-state index in [0.29, 0.717) is 5.92 Å². The van der Waals surface area contributed by atoms with Gasteiger partial charge in [0.05, 0.1) is 11.8 Å². The van der Waals surface area contributed by atoms with Gasteiger partial charge in [0, 0.05) is 11.2 Å². The summed E-state index contributed by atoms with van der Waals surface area (Å²) in [7, 11) is 0. The van der Waals surface area contributed by atoms with E-state index in [1.165, 1.54) is 0 Å². The Kier molecular flexibility index (Phi) is 2.75. The number of nitrogens with zero attached hydrogens (tertiary/aromatic N) is 1. The van der Waals surface area contributed by atoms with E-state index in [1.54, 1.807) is 12.3 Å². The number of aliphatic hydroxyl groups excluding tert-OH is 1. The van der Waals surface area contributed by atoms with E-state index < -0.39 is 6.10 Å². The summed E-state index contributed by atoms with van der Waals surface area (Å²) in [4.78, 5) is 4.22. The van der Waals surface area contributed by atoms with E-state index in [1.807, 2.05) is 0 Å². The number of hydrogen-bond donors (Lipinski definition) is 1. The number of aromatic nitrogens is 1. The maximum atomic E-state index is 9.78. The fourth-order valence-corrected chi connectivity index (χ4v) is 2.49. The molecule has 14 heavy (non-hydrogen) atoms. The van der Waals surface area contributed by atoms with Crippen LogP contribution in [0.5, 0.6) is 0 Å². The minimum absolute atomic E-state index is 0.425. The molecular formula is C11H14ClNO. The zero-order chi connectivity index (χ0) is 10.1. The normalized spacial score (nSPS) is 25.9. The van der Waals surface area contributed by atoms with Gasteiger partial charge in [-0.2, -0.15) is 0 Å². The first kappa shape index (κ1) is 9.94. The predicted octanol–water partition coefficient (Wildman–Crippen LogP) is 3.06. The zero-order valence-corrected chi connectivity index (χ0v) is 8.96. The van der Waals surface area contributed by atoms with Crippen LogP contribution in [0.25, 0.3) is 0 Å². The van der Waals surface area contributed by atoms with Gasteiger partial charge < -0.3 is 5.11 Å². The molecule has 0 spiro atoms. The van der Waals surface area contributed by atoms with Crippen LogP contribution in [0.3, 0.4) is 0 Å². The second kappa shape index (κ2) is 3.87. The fourth-order valence-electron chi connectivity index (χ4n) is 2.18. The maximum absolute atomic E-state index is 9.78. The van der Waals surface area contributed by atoms with Crippen LogP contribution >= 0.6 is 11.6 Å². The number of pyridine rings is 1. The Bertz CT molecular complexity index is 340. The van der Waals surface area contributed by atoms with Crippen molar-refractivity contribution in [3.8, 4) is 0 Å². The smallest absolute Gasteiger partial charge is 0.0963 e. The Labute approximate surface area is 88.9 Å². The molecule has 0 aromatic carbocycles. The summed E-state index contributed by atoms with van der Waals surface area (Å²) in [6.45, 7) is 2.15. The SMILES string of the molecule is CC[C@@H]1CC[C@@H](O)c2nccc(Cl)c21. The highest BCUT2D eigenvalue weighted by Crippen LogP contribution is 2.41. The highest BCUT2D eigenvalue weighted by Gasteiger charge is 2.27. The Morgan fingerprint density at radius 3 is 3.07 bits per heavy atom. The Morgan fingerprint density at radius 2 is 2.36 bits per heavy atom. The first-order valence-electron chi connectivity index (χ1n) is 5.06. The number of halogens is 1. The quantitative estimate of drug-likeness (QED) is 0.775. The van der Waals surface area contributed by atoms with Crippen LogP contribution in [0.15, 0.2) is 12.3 Å². The molecule has 1 aromatic rings. The summed E-state index contributed by atoms with van der Waals surface area (Å²) in [5, 5.41) is 10.5. The van der Waals surface area contributed by atoms with Gasteiger partial charge in [-0.25, -0.2) is 0 Å². The average molecular weight is 212 g/mol. The molecule has 1 aliphatic carbocycles. The summed E-state index contributed by atoms with van der Waals surface area (Å²) in [6, 6.07) is 1.81. The standard InChI is InChI=1S/C11H14ClNO/c1-2-7-3-4-9(14)11-10(7)8(12)5-6-13-11/h5-7,9,14H,2-4H2,1H3/t7-,9-/m1/s1. The van der Waals surface area contributed by atoms with Gasteiger partial charge in [-0.1, -0.05) is 18.5 Å². The van der Waals surface area contributed by atoms with Crippen molar-refractivity contribution in [2.45, 2.75) is 38.2 Å². The van der Waals surface area contributed by atoms with Gasteiger partial charge in [-0.3, -0.25) is 4.98 Å². The second-order valence-electron chi connectivity index (χ2n) is 3.79. The van der Waals surface area contributed by atoms with Crippen LogP contribution in [0.1, 0.15) is 49.5 Å². The van der Waals surface area contributed by atoms with E-state index in [4.69, 9.17) is 11.6 Å². The summed E-state index contributed by atoms with van der Waals surface area (Å²) >= 11 is 6.13. The monoisotopic (exact) mass is 211 g/mol. The topological polar surface area (TPSA) is 33.1 Å². The van der Waals surface area contributed by atoms with Crippen molar-refractivity contribution in [3.63, 3.8) is 0 Å². The molecule has 2 rings (SSSR count). The number of rotatable bonds is 1. The summed E-state index contributed by atoms with van der Waals surface area (Å²) in [6.07, 6.45) is 4.12. The van der Waals surface area contributed by atoms with Crippen LogP contribution in [0.4, 0.5) is 0 Å². The molecule has 1 aliphatic rings. The molecule has 0 unspecified atom stereocenters. The lowest BCUT2D eigenvalue weighted by Crippen LogP contribution is -2.16. The molecule has 2 atom stereocenters. The van der Waals surface area contributed by atoms with E-state index in [9.17, 15) is 5.11 Å². The van der Waals surface area contributed by atoms with Gasteiger partial charge >= 0.3 is 0 Å². The molecule has 0 saturated carbocycles. The van der Waals surface area contributed by atoms with Crippen LogP contribution in [-0.4, -0.2) is 10.1 Å². The number of fused-ring (bicyclic) bond motifs is 1. The number of aliphatic hydroxyl groups is 1. The molecule has 76 valence electrons. The van der Waals surface area contributed by atoms with Gasteiger partial charge in [0.25, 0.3) is 0 Å². The van der Waals surface area contributed by atoms with Crippen molar-refractivity contribution in [3.05, 3.63) is 28.5 Å². The molecule has 1 N–H and O–H groups in total. The maximum Gasteiger partial charge on any atom is 0.0963 e. The van der Waals surface area contributed by atoms with Gasteiger partial charge in [0.15, 0.2) is 0 Å². The predicted molar refractivity (Wildman–Crippen MR) is 56.5 cm³/mol. The lowest BCUT2D eigenvalue weighted by molar-refractivity contribution is 0.145. The Balaban J connectivity index is 2.51. The lowest BCUT2D eigenvalue weighted by Gasteiger charge is -2.27. The van der Waals surface area contributed by atoms with Crippen molar-refractivity contribution >= 4 is 11.6 Å². The third-order valence-electron chi connectivity index (χ3n) is 2.97. The molecule has 0 aliphatic heterocycles. The molecule has 3 heteroatoms. The van der Waals surface area contributed by atoms with Crippen molar-refractivity contribution in [2.75, 3.05) is 0 Å². The second-order valence-corrected chi connectivity index (χ2v) is 4.20. The first-order chi connectivity index (χ1) is 6.74. The zero-order valence-electron chi connectivity index (χ0n) is 8.20. The fraction of sp³-hybridized carbons (Fsp3) is 0.545. The number of hydrogen-bond acceptors (Lipinski definition) is 2. The minimum Gasteiger partial charge on any atom is -0.387 e. The van der Waals surface area contributed by atoms with Crippen molar-refractivity contribution in [2.24, 2.45) is 0 Å². The van der Waals surface area contributed by atoms with Crippen LogP contribution in [0.2, 0.25) is 5.02 Å².